The third kappa shape index (κ3) is 3.08. The summed E-state index contributed by atoms with van der Waals surface area (Å²) in [5.41, 5.74) is 1.33. The molecule has 1 heterocycles. The number of rotatable bonds is 5. The summed E-state index contributed by atoms with van der Waals surface area (Å²) in [5, 5.41) is 4.70. The predicted molar refractivity (Wildman–Crippen MR) is 76.9 cm³/mol. The third-order valence-corrected chi connectivity index (χ3v) is 5.39. The number of fused-ring (bicyclic) bond motifs is 1. The van der Waals surface area contributed by atoms with E-state index in [9.17, 15) is 4.79 Å². The van der Waals surface area contributed by atoms with Crippen LogP contribution in [0, 0.1) is 0 Å². The Hall–Kier alpha value is -1.09. The maximum atomic E-state index is 11.2. The molecule has 1 saturated carbocycles. The standard InChI is InChI=1S/C15H17NO2Se/c1-10(17)18-13-3-2-4-14-15(13)11(9-19-14)7-8-16-12-5-6-12/h2-4,9,12,16H,5-8H2,1H3. The number of esters is 1. The van der Waals surface area contributed by atoms with Gasteiger partial charge in [0.2, 0.25) is 0 Å². The molecular formula is C15H17NO2Se. The van der Waals surface area contributed by atoms with Gasteiger partial charge in [-0.1, -0.05) is 0 Å². The van der Waals surface area contributed by atoms with Crippen LogP contribution in [0.5, 0.6) is 5.75 Å². The topological polar surface area (TPSA) is 38.3 Å². The molecule has 1 aromatic heterocycles. The molecule has 0 aliphatic heterocycles. The third-order valence-electron chi connectivity index (χ3n) is 3.30. The average molecular weight is 322 g/mol. The van der Waals surface area contributed by atoms with E-state index < -0.39 is 0 Å². The fraction of sp³-hybridized carbons (Fsp3) is 0.400. The zero-order valence-electron chi connectivity index (χ0n) is 10.9. The fourth-order valence-corrected chi connectivity index (χ4v) is 4.36. The Bertz CT molecular complexity index is 601. The molecule has 100 valence electrons. The Balaban J connectivity index is 1.83. The summed E-state index contributed by atoms with van der Waals surface area (Å²) in [6.45, 7) is 2.47. The van der Waals surface area contributed by atoms with Gasteiger partial charge in [0, 0.05) is 0 Å². The van der Waals surface area contributed by atoms with Crippen LogP contribution in [0.4, 0.5) is 0 Å². The number of carbonyl (C=O) groups is 1. The number of nitrogens with one attached hydrogen (secondary N) is 1. The minimum absolute atomic E-state index is 0.247. The van der Waals surface area contributed by atoms with Gasteiger partial charge in [-0.3, -0.25) is 0 Å². The second kappa shape index (κ2) is 5.49. The van der Waals surface area contributed by atoms with Crippen LogP contribution in [0.25, 0.3) is 9.65 Å². The molecule has 2 aromatic rings. The average Bonchev–Trinajstić information content (AvgIpc) is 3.09. The van der Waals surface area contributed by atoms with Crippen LogP contribution in [0.3, 0.4) is 0 Å². The molecule has 0 saturated heterocycles. The Kier molecular flexibility index (Phi) is 3.74. The van der Waals surface area contributed by atoms with E-state index in [4.69, 9.17) is 4.74 Å². The first kappa shape index (κ1) is 12.9. The zero-order valence-corrected chi connectivity index (χ0v) is 12.7. The van der Waals surface area contributed by atoms with Crippen LogP contribution >= 0.6 is 0 Å². The molecule has 0 spiro atoms. The van der Waals surface area contributed by atoms with Gasteiger partial charge in [-0.2, -0.15) is 0 Å². The van der Waals surface area contributed by atoms with Gasteiger partial charge in [0.1, 0.15) is 0 Å². The number of hydrogen-bond acceptors (Lipinski definition) is 3. The molecule has 0 amide bonds. The molecule has 19 heavy (non-hydrogen) atoms. The molecule has 0 bridgehead atoms. The second-order valence-electron chi connectivity index (χ2n) is 4.96. The number of hydrogen-bond donors (Lipinski definition) is 1. The first-order valence-corrected chi connectivity index (χ1v) is 8.49. The molecule has 1 N–H and O–H groups in total. The van der Waals surface area contributed by atoms with Crippen LogP contribution in [0.1, 0.15) is 25.3 Å². The van der Waals surface area contributed by atoms with Gasteiger partial charge in [-0.05, 0) is 0 Å². The van der Waals surface area contributed by atoms with Gasteiger partial charge in [0.25, 0.3) is 0 Å². The van der Waals surface area contributed by atoms with Crippen molar-refractivity contribution in [2.24, 2.45) is 0 Å². The molecule has 1 aliphatic rings. The summed E-state index contributed by atoms with van der Waals surface area (Å²) in [6.07, 6.45) is 3.65. The van der Waals surface area contributed by atoms with E-state index in [2.05, 4.69) is 16.3 Å². The van der Waals surface area contributed by atoms with E-state index in [-0.39, 0.29) is 5.97 Å². The summed E-state index contributed by atoms with van der Waals surface area (Å²) in [5.74, 6) is 0.477. The van der Waals surface area contributed by atoms with Crippen molar-refractivity contribution in [3.63, 3.8) is 0 Å². The number of ether oxygens (including phenoxy) is 1. The molecule has 0 unspecified atom stereocenters. The molecule has 1 aliphatic carbocycles. The van der Waals surface area contributed by atoms with Crippen molar-refractivity contribution in [1.82, 2.24) is 5.32 Å². The van der Waals surface area contributed by atoms with Gasteiger partial charge in [0.15, 0.2) is 0 Å². The van der Waals surface area contributed by atoms with Crippen molar-refractivity contribution in [2.75, 3.05) is 6.54 Å². The first-order chi connectivity index (χ1) is 9.24. The normalized spacial score (nSPS) is 14.8. The molecule has 4 heteroatoms. The van der Waals surface area contributed by atoms with Gasteiger partial charge >= 0.3 is 118 Å². The first-order valence-electron chi connectivity index (χ1n) is 6.65. The summed E-state index contributed by atoms with van der Waals surface area (Å²) in [4.78, 5) is 13.5. The van der Waals surface area contributed by atoms with E-state index >= 15 is 0 Å². The molecule has 3 nitrogen and oxygen atoms in total. The van der Waals surface area contributed by atoms with Crippen molar-refractivity contribution in [1.29, 1.82) is 0 Å². The number of carbonyl (C=O) groups excluding carboxylic acids is 1. The molecule has 3 rings (SSSR count). The molecule has 1 fully saturated rings. The van der Waals surface area contributed by atoms with Gasteiger partial charge in [-0.15, -0.1) is 0 Å². The molecule has 0 atom stereocenters. The SMILES string of the molecule is CC(=O)Oc1cccc2[se]cc(CCNC3CC3)c12. The van der Waals surface area contributed by atoms with Gasteiger partial charge < -0.3 is 0 Å². The van der Waals surface area contributed by atoms with E-state index in [0.29, 0.717) is 14.5 Å². The quantitative estimate of drug-likeness (QED) is 0.521. The van der Waals surface area contributed by atoms with Crippen molar-refractivity contribution in [3.8, 4) is 5.75 Å². The van der Waals surface area contributed by atoms with Crippen molar-refractivity contribution in [3.05, 3.63) is 28.7 Å². The monoisotopic (exact) mass is 323 g/mol. The van der Waals surface area contributed by atoms with Crippen LogP contribution < -0.4 is 10.1 Å². The fourth-order valence-electron chi connectivity index (χ4n) is 2.24. The van der Waals surface area contributed by atoms with Crippen molar-refractivity contribution >= 4 is 30.1 Å². The Morgan fingerprint density at radius 1 is 1.47 bits per heavy atom. The summed E-state index contributed by atoms with van der Waals surface area (Å²) >= 11 is 0.375. The van der Waals surface area contributed by atoms with Gasteiger partial charge in [0.05, 0.1) is 0 Å². The van der Waals surface area contributed by atoms with E-state index in [1.54, 1.807) is 0 Å². The molecule has 0 radical (unpaired) electrons. The van der Waals surface area contributed by atoms with Crippen LogP contribution in [0.2, 0.25) is 0 Å². The minimum atomic E-state index is -0.247. The van der Waals surface area contributed by atoms with Crippen LogP contribution in [-0.4, -0.2) is 33.1 Å². The Morgan fingerprint density at radius 2 is 2.32 bits per heavy atom. The van der Waals surface area contributed by atoms with E-state index in [0.717, 1.165) is 30.1 Å². The molecular weight excluding hydrogens is 305 g/mol. The summed E-state index contributed by atoms with van der Waals surface area (Å²) < 4.78 is 6.66. The number of benzene rings is 1. The Morgan fingerprint density at radius 3 is 3.05 bits per heavy atom. The molecule has 1 aromatic carbocycles. The van der Waals surface area contributed by atoms with E-state index in [1.165, 1.54) is 29.6 Å². The van der Waals surface area contributed by atoms with Gasteiger partial charge in [-0.25, -0.2) is 0 Å². The van der Waals surface area contributed by atoms with Crippen LogP contribution in [0.15, 0.2) is 23.1 Å². The predicted octanol–water partition coefficient (Wildman–Crippen LogP) is 2.12. The van der Waals surface area contributed by atoms with Crippen molar-refractivity contribution < 1.29 is 9.53 Å². The van der Waals surface area contributed by atoms with Crippen molar-refractivity contribution in [2.45, 2.75) is 32.2 Å². The Labute approximate surface area is 118 Å². The van der Waals surface area contributed by atoms with E-state index in [1.807, 2.05) is 12.1 Å². The zero-order chi connectivity index (χ0) is 13.2. The summed E-state index contributed by atoms with van der Waals surface area (Å²) in [6, 6.07) is 6.75. The maximum absolute atomic E-state index is 11.2. The second-order valence-corrected chi connectivity index (χ2v) is 6.87. The van der Waals surface area contributed by atoms with Crippen LogP contribution in [-0.2, 0) is 11.2 Å². The summed E-state index contributed by atoms with van der Waals surface area (Å²) in [7, 11) is 0.